The number of nitrogens with zero attached hydrogens (tertiary/aromatic N) is 4. The van der Waals surface area contributed by atoms with E-state index in [9.17, 15) is 9.59 Å². The fourth-order valence-electron chi connectivity index (χ4n) is 3.42. The molecule has 1 aliphatic rings. The summed E-state index contributed by atoms with van der Waals surface area (Å²) < 4.78 is 9.06. The van der Waals surface area contributed by atoms with Crippen LogP contribution in [0.2, 0.25) is 0 Å². The average molecular weight is 359 g/mol. The van der Waals surface area contributed by atoms with E-state index < -0.39 is 5.69 Å². The molecule has 26 heavy (non-hydrogen) atoms. The number of amides is 1. The van der Waals surface area contributed by atoms with Gasteiger partial charge in [-0.1, -0.05) is 0 Å². The van der Waals surface area contributed by atoms with Crippen LogP contribution in [-0.4, -0.2) is 38.4 Å². The summed E-state index contributed by atoms with van der Waals surface area (Å²) in [6.07, 6.45) is 5.64. The zero-order valence-electron chi connectivity index (χ0n) is 15.4. The Morgan fingerprint density at radius 3 is 2.92 bits per heavy atom. The minimum atomic E-state index is -0.396. The molecule has 2 aromatic heterocycles. The predicted octanol–water partition coefficient (Wildman–Crippen LogP) is 0.878. The lowest BCUT2D eigenvalue weighted by molar-refractivity contribution is -0.122. The van der Waals surface area contributed by atoms with Crippen molar-refractivity contribution in [2.45, 2.75) is 39.3 Å². The summed E-state index contributed by atoms with van der Waals surface area (Å²) in [5, 5.41) is 7.15. The maximum absolute atomic E-state index is 12.3. The van der Waals surface area contributed by atoms with Crippen LogP contribution in [0.3, 0.4) is 0 Å². The summed E-state index contributed by atoms with van der Waals surface area (Å²) in [4.78, 5) is 28.2. The molecular formula is C18H25N5O3. The van der Waals surface area contributed by atoms with E-state index in [2.05, 4.69) is 15.4 Å². The van der Waals surface area contributed by atoms with Gasteiger partial charge in [-0.3, -0.25) is 14.0 Å². The molecule has 0 aliphatic carbocycles. The Labute approximate surface area is 152 Å². The molecule has 1 amide bonds. The van der Waals surface area contributed by atoms with Crippen LogP contribution in [0.4, 0.5) is 0 Å². The second-order valence-electron chi connectivity index (χ2n) is 6.85. The van der Waals surface area contributed by atoms with Crippen LogP contribution in [0.15, 0.2) is 23.3 Å². The van der Waals surface area contributed by atoms with Crippen molar-refractivity contribution in [3.63, 3.8) is 0 Å². The van der Waals surface area contributed by atoms with Gasteiger partial charge in [0.25, 0.3) is 0 Å². The first-order valence-electron chi connectivity index (χ1n) is 8.86. The van der Waals surface area contributed by atoms with Crippen LogP contribution in [0.25, 0.3) is 0 Å². The highest BCUT2D eigenvalue weighted by Gasteiger charge is 2.28. The fraction of sp³-hybridized carbons (Fsp3) is 0.556. The first-order valence-corrected chi connectivity index (χ1v) is 8.86. The van der Waals surface area contributed by atoms with Gasteiger partial charge in [0.2, 0.25) is 5.91 Å². The summed E-state index contributed by atoms with van der Waals surface area (Å²) >= 11 is 0. The van der Waals surface area contributed by atoms with Crippen molar-refractivity contribution in [1.29, 1.82) is 0 Å². The molecule has 8 heteroatoms. The maximum Gasteiger partial charge on any atom is 0.348 e. The van der Waals surface area contributed by atoms with Crippen molar-refractivity contribution >= 4 is 5.91 Å². The lowest BCUT2D eigenvalue weighted by Crippen LogP contribution is -2.39. The normalized spacial score (nSPS) is 20.1. The SMILES string of the molecule is Cc1cc(C)n(CC(=O)NC[C@@H]2CCCO[C@H]2c2cnn(C)c2)c(=O)n1. The van der Waals surface area contributed by atoms with E-state index in [1.54, 1.807) is 24.6 Å². The molecule has 140 valence electrons. The molecule has 2 atom stereocenters. The zero-order valence-corrected chi connectivity index (χ0v) is 15.4. The fourth-order valence-corrected chi connectivity index (χ4v) is 3.42. The number of hydrogen-bond acceptors (Lipinski definition) is 5. The maximum atomic E-state index is 12.3. The third kappa shape index (κ3) is 4.19. The number of rotatable bonds is 5. The molecule has 0 saturated carbocycles. The van der Waals surface area contributed by atoms with Gasteiger partial charge >= 0.3 is 5.69 Å². The molecule has 0 unspecified atom stereocenters. The summed E-state index contributed by atoms with van der Waals surface area (Å²) in [5.41, 5.74) is 2.02. The van der Waals surface area contributed by atoms with Gasteiger partial charge in [0.05, 0.1) is 12.3 Å². The van der Waals surface area contributed by atoms with Gasteiger partial charge < -0.3 is 10.1 Å². The molecule has 2 aromatic rings. The van der Waals surface area contributed by atoms with Gasteiger partial charge in [0.1, 0.15) is 6.54 Å². The number of carbonyl (C=O) groups is 1. The van der Waals surface area contributed by atoms with Gasteiger partial charge in [0, 0.05) is 49.3 Å². The standard InChI is InChI=1S/C18H25N5O3/c1-12-7-13(2)23(18(25)21-12)11-16(24)19-8-14-5-4-6-26-17(14)15-9-20-22(3)10-15/h7,9-10,14,17H,4-6,8,11H2,1-3H3,(H,19,24)/t14-,17+/m0/s1. The quantitative estimate of drug-likeness (QED) is 0.856. The van der Waals surface area contributed by atoms with Crippen LogP contribution in [0.1, 0.15) is 35.9 Å². The Morgan fingerprint density at radius 2 is 2.23 bits per heavy atom. The molecular weight excluding hydrogens is 334 g/mol. The highest BCUT2D eigenvalue weighted by atomic mass is 16.5. The van der Waals surface area contributed by atoms with Crippen LogP contribution in [0.5, 0.6) is 0 Å². The van der Waals surface area contributed by atoms with Crippen molar-refractivity contribution < 1.29 is 9.53 Å². The van der Waals surface area contributed by atoms with Crippen molar-refractivity contribution in [3.8, 4) is 0 Å². The summed E-state index contributed by atoms with van der Waals surface area (Å²) in [7, 11) is 1.87. The molecule has 0 radical (unpaired) electrons. The van der Waals surface area contributed by atoms with Gasteiger partial charge in [-0.2, -0.15) is 10.1 Å². The van der Waals surface area contributed by atoms with Crippen molar-refractivity contribution in [3.05, 3.63) is 45.9 Å². The van der Waals surface area contributed by atoms with Gasteiger partial charge in [-0.15, -0.1) is 0 Å². The zero-order chi connectivity index (χ0) is 18.7. The first kappa shape index (κ1) is 18.3. The molecule has 8 nitrogen and oxygen atoms in total. The third-order valence-electron chi connectivity index (χ3n) is 4.71. The van der Waals surface area contributed by atoms with E-state index in [4.69, 9.17) is 4.74 Å². The van der Waals surface area contributed by atoms with Crippen LogP contribution >= 0.6 is 0 Å². The van der Waals surface area contributed by atoms with Crippen LogP contribution in [-0.2, 0) is 23.1 Å². The van der Waals surface area contributed by atoms with Gasteiger partial charge in [-0.05, 0) is 32.8 Å². The van der Waals surface area contributed by atoms with E-state index >= 15 is 0 Å². The highest BCUT2D eigenvalue weighted by molar-refractivity contribution is 5.75. The minimum absolute atomic E-state index is 0.0247. The molecule has 0 spiro atoms. The monoisotopic (exact) mass is 359 g/mol. The summed E-state index contributed by atoms with van der Waals surface area (Å²) in [5.74, 6) is -0.0118. The van der Waals surface area contributed by atoms with Gasteiger partial charge in [-0.25, -0.2) is 4.79 Å². The highest BCUT2D eigenvalue weighted by Crippen LogP contribution is 2.32. The summed E-state index contributed by atoms with van der Waals surface area (Å²) in [6.45, 7) is 4.76. The Balaban J connectivity index is 1.62. The van der Waals surface area contributed by atoms with E-state index in [1.807, 2.05) is 19.4 Å². The molecule has 1 fully saturated rings. The van der Waals surface area contributed by atoms with E-state index in [0.717, 1.165) is 24.1 Å². The van der Waals surface area contributed by atoms with Crippen molar-refractivity contribution in [2.75, 3.05) is 13.2 Å². The molecule has 1 saturated heterocycles. The molecule has 3 rings (SSSR count). The Kier molecular flexibility index (Phi) is 5.51. The number of hydrogen-bond donors (Lipinski definition) is 1. The van der Waals surface area contributed by atoms with Crippen LogP contribution in [0, 0.1) is 19.8 Å². The average Bonchev–Trinajstić information content (AvgIpc) is 3.03. The van der Waals surface area contributed by atoms with Crippen LogP contribution < -0.4 is 11.0 Å². The number of ether oxygens (including phenoxy) is 1. The Morgan fingerprint density at radius 1 is 1.42 bits per heavy atom. The largest absolute Gasteiger partial charge is 0.373 e. The lowest BCUT2D eigenvalue weighted by Gasteiger charge is -2.31. The topological polar surface area (TPSA) is 91.0 Å². The minimum Gasteiger partial charge on any atom is -0.373 e. The van der Waals surface area contributed by atoms with Gasteiger partial charge in [0.15, 0.2) is 0 Å². The molecule has 0 aromatic carbocycles. The number of aromatic nitrogens is 4. The first-order chi connectivity index (χ1) is 12.4. The number of nitrogens with one attached hydrogen (secondary N) is 1. The summed E-state index contributed by atoms with van der Waals surface area (Å²) in [6, 6.07) is 1.79. The molecule has 1 aliphatic heterocycles. The second kappa shape index (κ2) is 7.82. The van der Waals surface area contributed by atoms with Crippen molar-refractivity contribution in [2.24, 2.45) is 13.0 Å². The number of aryl methyl sites for hydroxylation is 3. The van der Waals surface area contributed by atoms with Crippen molar-refractivity contribution in [1.82, 2.24) is 24.6 Å². The molecule has 3 heterocycles. The van der Waals surface area contributed by atoms with E-state index in [1.165, 1.54) is 4.57 Å². The lowest BCUT2D eigenvalue weighted by atomic mass is 9.91. The molecule has 1 N–H and O–H groups in total. The van der Waals surface area contributed by atoms with E-state index in [0.29, 0.717) is 18.8 Å². The second-order valence-corrected chi connectivity index (χ2v) is 6.85. The molecule has 0 bridgehead atoms. The Hall–Kier alpha value is -2.48. The smallest absolute Gasteiger partial charge is 0.348 e. The Bertz CT molecular complexity index is 842. The predicted molar refractivity (Wildman–Crippen MR) is 95.6 cm³/mol. The number of carbonyl (C=O) groups excluding carboxylic acids is 1. The third-order valence-corrected chi connectivity index (χ3v) is 4.71. The van der Waals surface area contributed by atoms with E-state index in [-0.39, 0.29) is 24.5 Å².